The highest BCUT2D eigenvalue weighted by Crippen LogP contribution is 2.03. The molecule has 1 atom stereocenters. The molecule has 0 fully saturated rings. The number of hydrogen-bond acceptors (Lipinski definition) is 4. The Morgan fingerprint density at radius 2 is 1.67 bits per heavy atom. The molecule has 1 amide bonds. The lowest BCUT2D eigenvalue weighted by Crippen LogP contribution is -2.40. The molecule has 0 aromatic carbocycles. The fourth-order valence-corrected chi connectivity index (χ4v) is 1.41. The van der Waals surface area contributed by atoms with Crippen LogP contribution in [0.25, 0.3) is 0 Å². The first-order valence-electron chi connectivity index (χ1n) is 7.02. The number of carboxylic acid groups (broad SMARTS) is 2. The summed E-state index contributed by atoms with van der Waals surface area (Å²) in [5, 5.41) is 22.3. The Kier molecular flexibility index (Phi) is 13.1. The van der Waals surface area contributed by atoms with Crippen molar-refractivity contribution >= 4 is 17.8 Å². The van der Waals surface area contributed by atoms with Crippen molar-refractivity contribution in [3.63, 3.8) is 0 Å². The number of carboxylic acids is 2. The molecule has 122 valence electrons. The molecule has 4 N–H and O–H groups in total. The van der Waals surface area contributed by atoms with E-state index in [1.165, 1.54) is 0 Å². The maximum Gasteiger partial charge on any atom is 0.322 e. The molecule has 0 rings (SSSR count). The van der Waals surface area contributed by atoms with Crippen LogP contribution >= 0.6 is 0 Å². The first-order chi connectivity index (χ1) is 9.86. The van der Waals surface area contributed by atoms with E-state index < -0.39 is 11.9 Å². The molecule has 0 aliphatic rings. The lowest BCUT2D eigenvalue weighted by molar-refractivity contribution is -0.137. The summed E-state index contributed by atoms with van der Waals surface area (Å²) in [7, 11) is 0. The topological polar surface area (TPSA) is 116 Å². The van der Waals surface area contributed by atoms with Gasteiger partial charge in [-0.2, -0.15) is 0 Å². The van der Waals surface area contributed by atoms with Crippen molar-refractivity contribution in [2.45, 2.75) is 52.5 Å². The van der Waals surface area contributed by atoms with E-state index in [9.17, 15) is 14.4 Å². The average molecular weight is 302 g/mol. The van der Waals surface area contributed by atoms with Crippen LogP contribution in [0.5, 0.6) is 0 Å². The van der Waals surface area contributed by atoms with Crippen LogP contribution in [0.2, 0.25) is 0 Å². The van der Waals surface area contributed by atoms with Gasteiger partial charge in [-0.25, -0.2) is 0 Å². The number of amides is 1. The molecule has 0 aromatic heterocycles. The van der Waals surface area contributed by atoms with Crippen molar-refractivity contribution in [3.05, 3.63) is 12.3 Å². The largest absolute Gasteiger partial charge is 0.481 e. The van der Waals surface area contributed by atoms with Gasteiger partial charge in [0.15, 0.2) is 0 Å². The van der Waals surface area contributed by atoms with Crippen molar-refractivity contribution in [1.82, 2.24) is 10.6 Å². The number of nitrogens with one attached hydrogen (secondary N) is 2. The van der Waals surface area contributed by atoms with Gasteiger partial charge in [0.25, 0.3) is 0 Å². The maximum atomic E-state index is 11.5. The molecule has 0 bridgehead atoms. The zero-order chi connectivity index (χ0) is 16.8. The Labute approximate surface area is 125 Å². The van der Waals surface area contributed by atoms with E-state index in [-0.39, 0.29) is 37.8 Å². The summed E-state index contributed by atoms with van der Waals surface area (Å²) in [4.78, 5) is 32.2. The van der Waals surface area contributed by atoms with Gasteiger partial charge in [0, 0.05) is 18.5 Å². The van der Waals surface area contributed by atoms with Gasteiger partial charge in [-0.05, 0) is 12.8 Å². The summed E-state index contributed by atoms with van der Waals surface area (Å²) in [6.45, 7) is 9.25. The van der Waals surface area contributed by atoms with Crippen molar-refractivity contribution in [3.8, 4) is 0 Å². The minimum atomic E-state index is -1.01. The number of aliphatic carboxylic acids is 2. The van der Waals surface area contributed by atoms with Gasteiger partial charge in [-0.3, -0.25) is 14.4 Å². The van der Waals surface area contributed by atoms with Gasteiger partial charge in [0.1, 0.15) is 6.54 Å². The van der Waals surface area contributed by atoms with E-state index >= 15 is 0 Å². The quantitative estimate of drug-likeness (QED) is 0.484. The Hall–Kier alpha value is -2.05. The molecular weight excluding hydrogens is 276 g/mol. The molecule has 0 aromatic rings. The molecule has 0 aliphatic carbocycles. The Morgan fingerprint density at radius 3 is 2.10 bits per heavy atom. The lowest BCUT2D eigenvalue weighted by atomic mass is 10.1. The van der Waals surface area contributed by atoms with Gasteiger partial charge in [-0.1, -0.05) is 27.4 Å². The van der Waals surface area contributed by atoms with Crippen molar-refractivity contribution in [2.75, 3.05) is 6.54 Å². The van der Waals surface area contributed by atoms with Crippen LogP contribution in [0.3, 0.4) is 0 Å². The van der Waals surface area contributed by atoms with Gasteiger partial charge in [0.2, 0.25) is 5.91 Å². The Morgan fingerprint density at radius 1 is 1.10 bits per heavy atom. The molecule has 0 aliphatic heterocycles. The highest BCUT2D eigenvalue weighted by atomic mass is 16.4. The second kappa shape index (κ2) is 13.0. The average Bonchev–Trinajstić information content (AvgIpc) is 2.43. The standard InChI is InChI=1S/C12H20N2O5.C2H6/c1-3-9(8(2)13-7-12(18)19)14-10(15)5-4-6-11(16)17;1-2/h9,13H,2-7H2,1H3,(H,14,15)(H,16,17)(H,18,19);1-2H3. The number of carbonyl (C=O) groups is 3. The van der Waals surface area contributed by atoms with Crippen molar-refractivity contribution in [1.29, 1.82) is 0 Å². The van der Waals surface area contributed by atoms with Gasteiger partial charge in [-0.15, -0.1) is 0 Å². The smallest absolute Gasteiger partial charge is 0.322 e. The van der Waals surface area contributed by atoms with Crippen LogP contribution in [0.4, 0.5) is 0 Å². The van der Waals surface area contributed by atoms with Crippen molar-refractivity contribution in [2.24, 2.45) is 0 Å². The first kappa shape index (κ1) is 21.3. The highest BCUT2D eigenvalue weighted by Gasteiger charge is 2.14. The van der Waals surface area contributed by atoms with Crippen LogP contribution in [-0.4, -0.2) is 40.6 Å². The third kappa shape index (κ3) is 12.7. The number of hydrogen-bond donors (Lipinski definition) is 4. The van der Waals surface area contributed by atoms with E-state index in [2.05, 4.69) is 17.2 Å². The predicted octanol–water partition coefficient (Wildman–Crippen LogP) is 1.35. The van der Waals surface area contributed by atoms with Crippen LogP contribution < -0.4 is 10.6 Å². The first-order valence-corrected chi connectivity index (χ1v) is 7.02. The molecule has 0 saturated carbocycles. The molecule has 1 unspecified atom stereocenters. The molecule has 0 spiro atoms. The molecule has 21 heavy (non-hydrogen) atoms. The second-order valence-corrected chi connectivity index (χ2v) is 4.05. The summed E-state index contributed by atoms with van der Waals surface area (Å²) in [5.41, 5.74) is 0.427. The normalized spacial score (nSPS) is 10.6. The van der Waals surface area contributed by atoms with Crippen LogP contribution in [0.15, 0.2) is 12.3 Å². The van der Waals surface area contributed by atoms with Crippen LogP contribution in [-0.2, 0) is 14.4 Å². The molecule has 0 radical (unpaired) electrons. The number of carbonyl (C=O) groups excluding carboxylic acids is 1. The summed E-state index contributed by atoms with van der Waals surface area (Å²) in [5.74, 6) is -2.22. The maximum absolute atomic E-state index is 11.5. The van der Waals surface area contributed by atoms with E-state index in [0.29, 0.717) is 12.1 Å². The molecule has 0 heterocycles. The van der Waals surface area contributed by atoms with Crippen molar-refractivity contribution < 1.29 is 24.6 Å². The summed E-state index contributed by atoms with van der Waals surface area (Å²) < 4.78 is 0. The second-order valence-electron chi connectivity index (χ2n) is 4.05. The summed E-state index contributed by atoms with van der Waals surface area (Å²) in [6, 6.07) is -0.364. The van der Waals surface area contributed by atoms with Gasteiger partial charge in [0.05, 0.1) is 6.04 Å². The van der Waals surface area contributed by atoms with Crippen LogP contribution in [0.1, 0.15) is 46.5 Å². The molecular formula is C14H26N2O5. The zero-order valence-corrected chi connectivity index (χ0v) is 12.9. The summed E-state index contributed by atoms with van der Waals surface area (Å²) in [6.07, 6.45) is 0.903. The lowest BCUT2D eigenvalue weighted by Gasteiger charge is -2.20. The minimum Gasteiger partial charge on any atom is -0.481 e. The van der Waals surface area contributed by atoms with E-state index in [1.54, 1.807) is 0 Å². The fourth-order valence-electron chi connectivity index (χ4n) is 1.41. The predicted molar refractivity (Wildman–Crippen MR) is 79.8 cm³/mol. The molecule has 0 saturated heterocycles. The SMILES string of the molecule is C=C(NCC(=O)O)C(CC)NC(=O)CCCC(=O)O.CC. The minimum absolute atomic E-state index is 0.0532. The third-order valence-electron chi connectivity index (χ3n) is 2.43. The van der Waals surface area contributed by atoms with E-state index in [4.69, 9.17) is 10.2 Å². The highest BCUT2D eigenvalue weighted by molar-refractivity contribution is 5.77. The fraction of sp³-hybridized carbons (Fsp3) is 0.643. The number of rotatable bonds is 10. The van der Waals surface area contributed by atoms with Crippen LogP contribution in [0, 0.1) is 0 Å². The van der Waals surface area contributed by atoms with E-state index in [1.807, 2.05) is 20.8 Å². The summed E-state index contributed by atoms with van der Waals surface area (Å²) >= 11 is 0. The van der Waals surface area contributed by atoms with Gasteiger partial charge >= 0.3 is 11.9 Å². The van der Waals surface area contributed by atoms with Gasteiger partial charge < -0.3 is 20.8 Å². The monoisotopic (exact) mass is 302 g/mol. The van der Waals surface area contributed by atoms with E-state index in [0.717, 1.165) is 0 Å². The zero-order valence-electron chi connectivity index (χ0n) is 12.9. The molecule has 7 heteroatoms. The Bertz CT molecular complexity index is 355. The molecule has 7 nitrogen and oxygen atoms in total. The Balaban J connectivity index is 0. The third-order valence-corrected chi connectivity index (χ3v) is 2.43.